The van der Waals surface area contributed by atoms with E-state index in [0.29, 0.717) is 24.6 Å². The average Bonchev–Trinajstić information content (AvgIpc) is 3.16. The molecule has 23 heavy (non-hydrogen) atoms. The second kappa shape index (κ2) is 6.60. The monoisotopic (exact) mass is 316 g/mol. The molecule has 5 heteroatoms. The zero-order valence-electron chi connectivity index (χ0n) is 13.5. The summed E-state index contributed by atoms with van der Waals surface area (Å²) in [6.07, 6.45) is 5.16. The molecule has 0 radical (unpaired) electrons. The minimum Gasteiger partial charge on any atom is -0.507 e. The Morgan fingerprint density at radius 3 is 2.83 bits per heavy atom. The Morgan fingerprint density at radius 2 is 2.09 bits per heavy atom. The van der Waals surface area contributed by atoms with Crippen LogP contribution in [0.3, 0.4) is 0 Å². The number of phenols is 1. The third-order valence-corrected chi connectivity index (χ3v) is 4.95. The third-order valence-electron chi connectivity index (χ3n) is 4.95. The fraction of sp³-hybridized carbons (Fsp3) is 0.556. The summed E-state index contributed by atoms with van der Waals surface area (Å²) in [5.41, 5.74) is 1.22. The highest BCUT2D eigenvalue weighted by Crippen LogP contribution is 2.29. The molecular weight excluding hydrogens is 292 g/mol. The van der Waals surface area contributed by atoms with Gasteiger partial charge in [0.05, 0.1) is 5.56 Å². The van der Waals surface area contributed by atoms with Crippen LogP contribution in [0.4, 0.5) is 0 Å². The van der Waals surface area contributed by atoms with Crippen LogP contribution >= 0.6 is 0 Å². The predicted molar refractivity (Wildman–Crippen MR) is 87.3 cm³/mol. The van der Waals surface area contributed by atoms with Crippen molar-refractivity contribution in [1.82, 2.24) is 10.2 Å². The Kier molecular flexibility index (Phi) is 4.55. The van der Waals surface area contributed by atoms with Gasteiger partial charge in [-0.1, -0.05) is 24.5 Å². The van der Waals surface area contributed by atoms with Crippen molar-refractivity contribution in [1.29, 1.82) is 0 Å². The summed E-state index contributed by atoms with van der Waals surface area (Å²) in [5, 5.41) is 12.7. The molecule has 1 saturated carbocycles. The summed E-state index contributed by atoms with van der Waals surface area (Å²) < 4.78 is 0. The molecule has 1 atom stereocenters. The Hall–Kier alpha value is -2.04. The summed E-state index contributed by atoms with van der Waals surface area (Å²) in [6, 6.07) is 5.38. The van der Waals surface area contributed by atoms with Gasteiger partial charge in [-0.15, -0.1) is 0 Å². The molecule has 0 spiro atoms. The lowest BCUT2D eigenvalue weighted by Crippen LogP contribution is -2.36. The van der Waals surface area contributed by atoms with Gasteiger partial charge in [-0.05, 0) is 31.9 Å². The summed E-state index contributed by atoms with van der Waals surface area (Å²) in [5.74, 6) is 0.0923. The van der Waals surface area contributed by atoms with Gasteiger partial charge in [0.1, 0.15) is 5.75 Å². The van der Waals surface area contributed by atoms with Gasteiger partial charge in [0, 0.05) is 31.5 Å². The number of amides is 2. The van der Waals surface area contributed by atoms with E-state index < -0.39 is 0 Å². The normalized spacial score (nSPS) is 21.9. The van der Waals surface area contributed by atoms with Crippen LogP contribution in [-0.4, -0.2) is 41.0 Å². The zero-order valence-corrected chi connectivity index (χ0v) is 13.5. The predicted octanol–water partition coefficient (Wildman–Crippen LogP) is 2.22. The van der Waals surface area contributed by atoms with Crippen molar-refractivity contribution in [3.8, 4) is 5.75 Å². The van der Waals surface area contributed by atoms with E-state index in [1.54, 1.807) is 12.1 Å². The highest BCUT2D eigenvalue weighted by atomic mass is 16.3. The fourth-order valence-corrected chi connectivity index (χ4v) is 3.68. The van der Waals surface area contributed by atoms with E-state index in [1.165, 1.54) is 18.9 Å². The first kappa shape index (κ1) is 15.8. The maximum absolute atomic E-state index is 12.2. The molecule has 5 nitrogen and oxygen atoms in total. The topological polar surface area (TPSA) is 69.6 Å². The van der Waals surface area contributed by atoms with Gasteiger partial charge in [0.2, 0.25) is 5.91 Å². The van der Waals surface area contributed by atoms with Gasteiger partial charge < -0.3 is 15.3 Å². The van der Waals surface area contributed by atoms with Crippen molar-refractivity contribution in [2.75, 3.05) is 13.1 Å². The number of carbonyl (C=O) groups excluding carboxylic acids is 2. The van der Waals surface area contributed by atoms with Gasteiger partial charge in [0.15, 0.2) is 0 Å². The van der Waals surface area contributed by atoms with Crippen LogP contribution in [0.15, 0.2) is 18.2 Å². The fourth-order valence-electron chi connectivity index (χ4n) is 3.68. The zero-order chi connectivity index (χ0) is 16.4. The minimum atomic E-state index is -0.280. The molecule has 124 valence electrons. The molecule has 3 rings (SSSR count). The lowest BCUT2D eigenvalue weighted by molar-refractivity contribution is -0.129. The van der Waals surface area contributed by atoms with Crippen LogP contribution in [0.2, 0.25) is 0 Å². The average molecular weight is 316 g/mol. The van der Waals surface area contributed by atoms with E-state index in [2.05, 4.69) is 5.32 Å². The number of rotatable bonds is 4. The molecule has 0 bridgehead atoms. The van der Waals surface area contributed by atoms with Gasteiger partial charge in [-0.3, -0.25) is 9.59 Å². The molecule has 0 unspecified atom stereocenters. The number of aromatic hydroxyl groups is 1. The Bertz CT molecular complexity index is 608. The number of phenolic OH excluding ortho intramolecular Hbond substituents is 1. The number of likely N-dealkylation sites (tertiary alicyclic amines) is 1. The van der Waals surface area contributed by atoms with Crippen LogP contribution in [0.25, 0.3) is 0 Å². The maximum Gasteiger partial charge on any atom is 0.255 e. The number of benzene rings is 1. The first-order valence-corrected chi connectivity index (χ1v) is 8.42. The lowest BCUT2D eigenvalue weighted by Gasteiger charge is -2.24. The molecule has 2 aliphatic rings. The summed E-state index contributed by atoms with van der Waals surface area (Å²) >= 11 is 0. The molecule has 1 heterocycles. The van der Waals surface area contributed by atoms with Crippen molar-refractivity contribution in [2.24, 2.45) is 5.92 Å². The number of carbonyl (C=O) groups is 2. The van der Waals surface area contributed by atoms with Gasteiger partial charge in [-0.2, -0.15) is 0 Å². The van der Waals surface area contributed by atoms with E-state index in [-0.39, 0.29) is 23.5 Å². The van der Waals surface area contributed by atoms with Crippen LogP contribution < -0.4 is 5.32 Å². The number of nitrogens with one attached hydrogen (secondary N) is 1. The van der Waals surface area contributed by atoms with E-state index in [1.807, 2.05) is 11.8 Å². The second-order valence-electron chi connectivity index (χ2n) is 6.79. The molecule has 2 fully saturated rings. The standard InChI is InChI=1S/C18H24N2O3/c1-12-6-7-16(21)15(8-12)18(23)19-10-13-9-17(22)20(11-13)14-4-2-3-5-14/h6-8,13-14,21H,2-5,9-11H2,1H3,(H,19,23)/t13-/m1/s1. The Morgan fingerprint density at radius 1 is 1.35 bits per heavy atom. The van der Waals surface area contributed by atoms with Gasteiger partial charge >= 0.3 is 0 Å². The molecule has 1 aromatic rings. The maximum atomic E-state index is 12.2. The smallest absolute Gasteiger partial charge is 0.255 e. The van der Waals surface area contributed by atoms with Crippen molar-refractivity contribution in [2.45, 2.75) is 45.1 Å². The van der Waals surface area contributed by atoms with Crippen LogP contribution in [0.5, 0.6) is 5.75 Å². The van der Waals surface area contributed by atoms with Crippen molar-refractivity contribution in [3.63, 3.8) is 0 Å². The number of nitrogens with zero attached hydrogens (tertiary/aromatic N) is 1. The first-order valence-electron chi connectivity index (χ1n) is 8.42. The summed E-state index contributed by atoms with van der Waals surface area (Å²) in [6.45, 7) is 3.09. The number of aryl methyl sites for hydroxylation is 1. The molecule has 1 aliphatic heterocycles. The van der Waals surface area contributed by atoms with E-state index >= 15 is 0 Å². The van der Waals surface area contributed by atoms with Crippen LogP contribution in [-0.2, 0) is 4.79 Å². The molecular formula is C18H24N2O3. The van der Waals surface area contributed by atoms with E-state index in [0.717, 1.165) is 24.9 Å². The second-order valence-corrected chi connectivity index (χ2v) is 6.79. The minimum absolute atomic E-state index is 0.0109. The molecule has 2 N–H and O–H groups in total. The van der Waals surface area contributed by atoms with Gasteiger partial charge in [-0.25, -0.2) is 0 Å². The van der Waals surface area contributed by atoms with Crippen molar-refractivity contribution in [3.05, 3.63) is 29.3 Å². The van der Waals surface area contributed by atoms with Crippen LogP contribution in [0.1, 0.15) is 48.0 Å². The lowest BCUT2D eigenvalue weighted by atomic mass is 10.1. The van der Waals surface area contributed by atoms with Gasteiger partial charge in [0.25, 0.3) is 5.91 Å². The van der Waals surface area contributed by atoms with Crippen molar-refractivity contribution >= 4 is 11.8 Å². The quantitative estimate of drug-likeness (QED) is 0.895. The van der Waals surface area contributed by atoms with Crippen molar-refractivity contribution < 1.29 is 14.7 Å². The highest BCUT2D eigenvalue weighted by molar-refractivity contribution is 5.97. The Labute approximate surface area is 136 Å². The van der Waals surface area contributed by atoms with Crippen LogP contribution in [0, 0.1) is 12.8 Å². The summed E-state index contributed by atoms with van der Waals surface area (Å²) in [7, 11) is 0. The molecule has 1 aromatic carbocycles. The highest BCUT2D eigenvalue weighted by Gasteiger charge is 2.35. The molecule has 0 aromatic heterocycles. The number of hydrogen-bond acceptors (Lipinski definition) is 3. The first-order chi connectivity index (χ1) is 11.0. The van der Waals surface area contributed by atoms with E-state index in [9.17, 15) is 14.7 Å². The number of hydrogen-bond donors (Lipinski definition) is 2. The Balaban J connectivity index is 1.55. The van der Waals surface area contributed by atoms with E-state index in [4.69, 9.17) is 0 Å². The third kappa shape index (κ3) is 3.49. The molecule has 2 amide bonds. The molecule has 1 saturated heterocycles. The SMILES string of the molecule is Cc1ccc(O)c(C(=O)NC[C@H]2CC(=O)N(C3CCCC3)C2)c1. The summed E-state index contributed by atoms with van der Waals surface area (Å²) in [4.78, 5) is 26.4. The largest absolute Gasteiger partial charge is 0.507 e. The molecule has 1 aliphatic carbocycles.